The van der Waals surface area contributed by atoms with Gasteiger partial charge < -0.3 is 15.2 Å². The monoisotopic (exact) mass is 347 g/mol. The minimum absolute atomic E-state index is 0. The Morgan fingerprint density at radius 1 is 1.09 bits per heavy atom. The van der Waals surface area contributed by atoms with E-state index >= 15 is 0 Å². The highest BCUT2D eigenvalue weighted by Gasteiger charge is 2.31. The van der Waals surface area contributed by atoms with Crippen LogP contribution in [0.15, 0.2) is 36.4 Å². The zero-order valence-corrected chi connectivity index (χ0v) is 13.4. The number of alkyl halides is 3. The van der Waals surface area contributed by atoms with Crippen molar-refractivity contribution in [1.29, 1.82) is 0 Å². The number of hydrogen-bond acceptors (Lipinski definition) is 3. The van der Waals surface area contributed by atoms with Gasteiger partial charge in [-0.25, -0.2) is 0 Å². The van der Waals surface area contributed by atoms with Crippen LogP contribution in [0.3, 0.4) is 0 Å². The molecule has 0 unspecified atom stereocenters. The molecule has 0 saturated heterocycles. The molecule has 0 saturated carbocycles. The molecule has 0 atom stereocenters. The molecule has 126 valence electrons. The molecule has 0 heterocycles. The Kier molecular flexibility index (Phi) is 6.29. The summed E-state index contributed by atoms with van der Waals surface area (Å²) in [5, 5.41) is 0. The quantitative estimate of drug-likeness (QED) is 0.888. The fourth-order valence-electron chi connectivity index (χ4n) is 2.33. The lowest BCUT2D eigenvalue weighted by Gasteiger charge is -2.14. The summed E-state index contributed by atoms with van der Waals surface area (Å²) in [6.45, 7) is 2.13. The van der Waals surface area contributed by atoms with Crippen LogP contribution >= 0.6 is 12.4 Å². The summed E-state index contributed by atoms with van der Waals surface area (Å²) >= 11 is 0. The number of rotatable bonds is 4. The fraction of sp³-hybridized carbons (Fsp3) is 0.250. The number of methoxy groups -OCH3 is 1. The summed E-state index contributed by atoms with van der Waals surface area (Å²) < 4.78 is 46.1. The Bertz CT molecular complexity index is 675. The molecule has 2 aromatic rings. The number of ether oxygens (including phenoxy) is 2. The number of benzene rings is 2. The molecule has 2 aromatic carbocycles. The average molecular weight is 348 g/mol. The van der Waals surface area contributed by atoms with Crippen molar-refractivity contribution < 1.29 is 22.6 Å². The van der Waals surface area contributed by atoms with Crippen molar-refractivity contribution in [2.24, 2.45) is 5.73 Å². The highest BCUT2D eigenvalue weighted by atomic mass is 35.5. The fourth-order valence-corrected chi connectivity index (χ4v) is 2.33. The molecule has 0 aliphatic carbocycles. The third kappa shape index (κ3) is 4.77. The van der Waals surface area contributed by atoms with Crippen LogP contribution in [0.25, 0.3) is 11.1 Å². The third-order valence-electron chi connectivity index (χ3n) is 3.18. The Balaban J connectivity index is 0.00000264. The van der Waals surface area contributed by atoms with Gasteiger partial charge in [-0.1, -0.05) is 12.1 Å². The lowest BCUT2D eigenvalue weighted by molar-refractivity contribution is -0.274. The molecule has 0 amide bonds. The number of hydrogen-bond donors (Lipinski definition) is 1. The van der Waals surface area contributed by atoms with Crippen molar-refractivity contribution in [3.8, 4) is 22.6 Å². The second kappa shape index (κ2) is 7.57. The molecule has 0 radical (unpaired) electrons. The Morgan fingerprint density at radius 3 is 2.35 bits per heavy atom. The van der Waals surface area contributed by atoms with E-state index < -0.39 is 6.36 Å². The van der Waals surface area contributed by atoms with E-state index in [0.29, 0.717) is 11.3 Å². The third-order valence-corrected chi connectivity index (χ3v) is 3.18. The first-order valence-electron chi connectivity index (χ1n) is 6.58. The van der Waals surface area contributed by atoms with Crippen molar-refractivity contribution in [3.05, 3.63) is 47.5 Å². The standard InChI is InChI=1S/C16H16F3NO2.ClH/c1-10-6-12(7-13(9-20)15(10)21-2)11-4-3-5-14(8-11)22-16(17,18)19;/h3-8H,9,20H2,1-2H3;1H. The Morgan fingerprint density at radius 2 is 1.78 bits per heavy atom. The Hall–Kier alpha value is -1.92. The van der Waals surface area contributed by atoms with E-state index in [1.165, 1.54) is 18.2 Å². The van der Waals surface area contributed by atoms with E-state index in [1.54, 1.807) is 19.2 Å². The van der Waals surface area contributed by atoms with E-state index in [2.05, 4.69) is 4.74 Å². The predicted molar refractivity (Wildman–Crippen MR) is 85.0 cm³/mol. The first-order valence-corrected chi connectivity index (χ1v) is 6.58. The van der Waals surface area contributed by atoms with Gasteiger partial charge in [0, 0.05) is 12.1 Å². The highest BCUT2D eigenvalue weighted by molar-refractivity contribution is 5.85. The second-order valence-electron chi connectivity index (χ2n) is 4.77. The maximum absolute atomic E-state index is 12.3. The van der Waals surface area contributed by atoms with Crippen LogP contribution in [0.2, 0.25) is 0 Å². The smallest absolute Gasteiger partial charge is 0.496 e. The number of nitrogens with two attached hydrogens (primary N) is 1. The van der Waals surface area contributed by atoms with E-state index in [1.807, 2.05) is 13.0 Å². The van der Waals surface area contributed by atoms with Crippen molar-refractivity contribution in [1.82, 2.24) is 0 Å². The van der Waals surface area contributed by atoms with Crippen molar-refractivity contribution in [3.63, 3.8) is 0 Å². The van der Waals surface area contributed by atoms with Crippen LogP contribution in [-0.2, 0) is 6.54 Å². The lowest BCUT2D eigenvalue weighted by Crippen LogP contribution is -2.17. The van der Waals surface area contributed by atoms with Crippen molar-refractivity contribution in [2.45, 2.75) is 19.8 Å². The SMILES string of the molecule is COc1c(C)cc(-c2cccc(OC(F)(F)F)c2)cc1CN.Cl. The Labute approximate surface area is 138 Å². The maximum atomic E-state index is 12.3. The number of aryl methyl sites for hydroxylation is 1. The topological polar surface area (TPSA) is 44.5 Å². The van der Waals surface area contributed by atoms with Gasteiger partial charge in [0.15, 0.2) is 0 Å². The summed E-state index contributed by atoms with van der Waals surface area (Å²) in [5.74, 6) is 0.432. The number of halogens is 4. The maximum Gasteiger partial charge on any atom is 0.573 e. The largest absolute Gasteiger partial charge is 0.573 e. The molecule has 2 N–H and O–H groups in total. The molecular weight excluding hydrogens is 331 g/mol. The minimum atomic E-state index is -4.71. The molecule has 0 spiro atoms. The zero-order chi connectivity index (χ0) is 16.3. The summed E-state index contributed by atoms with van der Waals surface area (Å²) in [6, 6.07) is 9.47. The van der Waals surface area contributed by atoms with Gasteiger partial charge in [-0.3, -0.25) is 0 Å². The molecule has 0 bridgehead atoms. The molecule has 0 aliphatic heterocycles. The molecule has 0 fully saturated rings. The molecular formula is C16H17ClF3NO2. The molecule has 3 nitrogen and oxygen atoms in total. The van der Waals surface area contributed by atoms with Crippen LogP contribution in [0.5, 0.6) is 11.5 Å². The van der Waals surface area contributed by atoms with E-state index in [0.717, 1.165) is 16.7 Å². The molecule has 2 rings (SSSR count). The van der Waals surface area contributed by atoms with Gasteiger partial charge in [0.2, 0.25) is 0 Å². The molecule has 23 heavy (non-hydrogen) atoms. The summed E-state index contributed by atoms with van der Waals surface area (Å²) in [4.78, 5) is 0. The summed E-state index contributed by atoms with van der Waals surface area (Å²) in [5.41, 5.74) is 8.73. The van der Waals surface area contributed by atoms with Crippen molar-refractivity contribution >= 4 is 12.4 Å². The van der Waals surface area contributed by atoms with Gasteiger partial charge in [-0.2, -0.15) is 0 Å². The lowest BCUT2D eigenvalue weighted by atomic mass is 9.99. The summed E-state index contributed by atoms with van der Waals surface area (Å²) in [7, 11) is 1.55. The molecule has 7 heteroatoms. The van der Waals surface area contributed by atoms with E-state index in [-0.39, 0.29) is 24.7 Å². The van der Waals surface area contributed by atoms with Crippen LogP contribution < -0.4 is 15.2 Å². The molecule has 0 aromatic heterocycles. The van der Waals surface area contributed by atoms with Gasteiger partial charge in [0.1, 0.15) is 11.5 Å². The van der Waals surface area contributed by atoms with Gasteiger partial charge in [-0.15, -0.1) is 25.6 Å². The first kappa shape index (κ1) is 19.1. The van der Waals surface area contributed by atoms with Crippen LogP contribution in [0, 0.1) is 6.92 Å². The summed E-state index contributed by atoms with van der Waals surface area (Å²) in [6.07, 6.45) is -4.71. The van der Waals surface area contributed by atoms with E-state index in [9.17, 15) is 13.2 Å². The minimum Gasteiger partial charge on any atom is -0.496 e. The van der Waals surface area contributed by atoms with Crippen molar-refractivity contribution in [2.75, 3.05) is 7.11 Å². The van der Waals surface area contributed by atoms with Crippen LogP contribution in [-0.4, -0.2) is 13.5 Å². The predicted octanol–water partition coefficient (Wildman–Crippen LogP) is 4.45. The van der Waals surface area contributed by atoms with Gasteiger partial charge in [-0.05, 0) is 47.9 Å². The van der Waals surface area contributed by atoms with Gasteiger partial charge in [0.05, 0.1) is 7.11 Å². The normalized spacial score (nSPS) is 10.9. The van der Waals surface area contributed by atoms with Gasteiger partial charge >= 0.3 is 6.36 Å². The second-order valence-corrected chi connectivity index (χ2v) is 4.77. The highest BCUT2D eigenvalue weighted by Crippen LogP contribution is 2.32. The zero-order valence-electron chi connectivity index (χ0n) is 12.6. The van der Waals surface area contributed by atoms with Gasteiger partial charge in [0.25, 0.3) is 0 Å². The first-order chi connectivity index (χ1) is 10.3. The average Bonchev–Trinajstić information content (AvgIpc) is 2.44. The van der Waals surface area contributed by atoms with E-state index in [4.69, 9.17) is 10.5 Å². The molecule has 0 aliphatic rings. The van der Waals surface area contributed by atoms with Crippen LogP contribution in [0.4, 0.5) is 13.2 Å². The van der Waals surface area contributed by atoms with Crippen LogP contribution in [0.1, 0.15) is 11.1 Å².